The topological polar surface area (TPSA) is 96.5 Å². The van der Waals surface area contributed by atoms with Crippen molar-refractivity contribution in [1.29, 1.82) is 5.26 Å². The second-order valence-corrected chi connectivity index (χ2v) is 8.87. The van der Waals surface area contributed by atoms with Gasteiger partial charge in [0.25, 0.3) is 11.5 Å². The standard InChI is InChI=1S/C27H21BrN4O3/c1-16-7-4-11-23(18(16)3)35-26-22(27(34)32-12-6-8-17(2)24(32)31-26)13-19(15-29)25(33)30-21-10-5-9-20(28)14-21/h4-14H,1-3H3,(H,30,33)/b19-13-. The molecule has 1 amide bonds. The number of fused-ring (bicyclic) bond motifs is 1. The minimum absolute atomic E-state index is 0.00468. The SMILES string of the molecule is Cc1cccc(Oc2nc3c(C)cccn3c(=O)c2/C=C(/C#N)C(=O)Nc2cccc(Br)c2)c1C. The molecule has 0 aliphatic heterocycles. The molecule has 2 aromatic heterocycles. The van der Waals surface area contributed by atoms with Gasteiger partial charge in [0.05, 0.1) is 0 Å². The maximum absolute atomic E-state index is 13.5. The van der Waals surface area contributed by atoms with Gasteiger partial charge in [-0.2, -0.15) is 10.2 Å². The van der Waals surface area contributed by atoms with E-state index in [1.807, 2.05) is 51.1 Å². The fraction of sp³-hybridized carbons (Fsp3) is 0.111. The van der Waals surface area contributed by atoms with Crippen LogP contribution in [-0.2, 0) is 4.79 Å². The van der Waals surface area contributed by atoms with Gasteiger partial charge in [0, 0.05) is 16.4 Å². The first-order valence-corrected chi connectivity index (χ1v) is 11.5. The number of carbonyl (C=O) groups excluding carboxylic acids is 1. The van der Waals surface area contributed by atoms with Crippen molar-refractivity contribution < 1.29 is 9.53 Å². The summed E-state index contributed by atoms with van der Waals surface area (Å²) in [5, 5.41) is 12.4. The molecule has 0 radical (unpaired) electrons. The quantitative estimate of drug-likeness (QED) is 0.264. The Morgan fingerprint density at radius 3 is 2.60 bits per heavy atom. The number of nitriles is 1. The van der Waals surface area contributed by atoms with Crippen molar-refractivity contribution in [2.75, 3.05) is 5.32 Å². The van der Waals surface area contributed by atoms with Crippen LogP contribution in [0.15, 0.2) is 75.6 Å². The summed E-state index contributed by atoms with van der Waals surface area (Å²) in [6, 6.07) is 18.0. The molecule has 0 saturated heterocycles. The first-order chi connectivity index (χ1) is 16.8. The molecular formula is C27H21BrN4O3. The molecule has 4 aromatic rings. The molecule has 0 bridgehead atoms. The van der Waals surface area contributed by atoms with Crippen LogP contribution >= 0.6 is 15.9 Å². The third-order valence-corrected chi connectivity index (χ3v) is 6.04. The van der Waals surface area contributed by atoms with E-state index >= 15 is 0 Å². The summed E-state index contributed by atoms with van der Waals surface area (Å²) >= 11 is 3.35. The van der Waals surface area contributed by atoms with E-state index in [0.29, 0.717) is 17.1 Å². The number of halogens is 1. The molecular weight excluding hydrogens is 508 g/mol. The highest BCUT2D eigenvalue weighted by Gasteiger charge is 2.19. The number of aromatic nitrogens is 2. The number of nitrogens with one attached hydrogen (secondary N) is 1. The van der Waals surface area contributed by atoms with Crippen LogP contribution in [0.4, 0.5) is 5.69 Å². The zero-order chi connectivity index (χ0) is 25.1. The van der Waals surface area contributed by atoms with E-state index in [1.54, 1.807) is 36.5 Å². The van der Waals surface area contributed by atoms with Crippen LogP contribution in [0.3, 0.4) is 0 Å². The minimum atomic E-state index is -0.656. The highest BCUT2D eigenvalue weighted by molar-refractivity contribution is 9.10. The number of hydrogen-bond donors (Lipinski definition) is 1. The van der Waals surface area contributed by atoms with Gasteiger partial charge in [0.1, 0.15) is 28.6 Å². The lowest BCUT2D eigenvalue weighted by molar-refractivity contribution is -0.112. The predicted octanol–water partition coefficient (Wildman–Crippen LogP) is 5.72. The van der Waals surface area contributed by atoms with Gasteiger partial charge in [-0.3, -0.25) is 14.0 Å². The number of carbonyl (C=O) groups is 1. The molecule has 0 atom stereocenters. The maximum atomic E-state index is 13.5. The van der Waals surface area contributed by atoms with Crippen molar-refractivity contribution in [2.45, 2.75) is 20.8 Å². The Morgan fingerprint density at radius 2 is 1.86 bits per heavy atom. The van der Waals surface area contributed by atoms with Crippen LogP contribution in [0.5, 0.6) is 11.6 Å². The summed E-state index contributed by atoms with van der Waals surface area (Å²) in [6.07, 6.45) is 2.81. The zero-order valence-electron chi connectivity index (χ0n) is 19.3. The summed E-state index contributed by atoms with van der Waals surface area (Å²) in [6.45, 7) is 5.70. The van der Waals surface area contributed by atoms with Crippen LogP contribution in [0.25, 0.3) is 11.7 Å². The third kappa shape index (κ3) is 5.00. The first kappa shape index (κ1) is 23.9. The highest BCUT2D eigenvalue weighted by atomic mass is 79.9. The molecule has 2 heterocycles. The lowest BCUT2D eigenvalue weighted by atomic mass is 10.1. The Hall–Kier alpha value is -4.22. The molecule has 0 fully saturated rings. The minimum Gasteiger partial charge on any atom is -0.438 e. The molecule has 0 unspecified atom stereocenters. The van der Waals surface area contributed by atoms with E-state index in [1.165, 1.54) is 10.5 Å². The van der Waals surface area contributed by atoms with Gasteiger partial charge in [0.2, 0.25) is 5.88 Å². The van der Waals surface area contributed by atoms with E-state index in [4.69, 9.17) is 4.74 Å². The molecule has 174 valence electrons. The summed E-state index contributed by atoms with van der Waals surface area (Å²) < 4.78 is 8.25. The second-order valence-electron chi connectivity index (χ2n) is 7.95. The van der Waals surface area contributed by atoms with Crippen molar-refractivity contribution in [3.8, 4) is 17.7 Å². The van der Waals surface area contributed by atoms with Gasteiger partial charge in [-0.05, 0) is 73.9 Å². The highest BCUT2D eigenvalue weighted by Crippen LogP contribution is 2.29. The molecule has 7 nitrogen and oxygen atoms in total. The summed E-state index contributed by atoms with van der Waals surface area (Å²) in [5.41, 5.74) is 2.88. The van der Waals surface area contributed by atoms with Crippen LogP contribution in [-0.4, -0.2) is 15.3 Å². The molecule has 0 spiro atoms. The van der Waals surface area contributed by atoms with Crippen LogP contribution < -0.4 is 15.6 Å². The molecule has 1 N–H and O–H groups in total. The summed E-state index contributed by atoms with van der Waals surface area (Å²) in [5.74, 6) is -0.111. The lowest BCUT2D eigenvalue weighted by Gasteiger charge is -2.14. The van der Waals surface area contributed by atoms with Gasteiger partial charge in [-0.1, -0.05) is 40.2 Å². The van der Waals surface area contributed by atoms with Crippen LogP contribution in [0.1, 0.15) is 22.3 Å². The fourth-order valence-corrected chi connectivity index (χ4v) is 3.89. The molecule has 0 aliphatic carbocycles. The molecule has 4 rings (SSSR count). The number of aryl methyl sites for hydroxylation is 2. The fourth-order valence-electron chi connectivity index (χ4n) is 3.49. The van der Waals surface area contributed by atoms with Crippen molar-refractivity contribution in [3.05, 3.63) is 103 Å². The van der Waals surface area contributed by atoms with Crippen molar-refractivity contribution in [2.24, 2.45) is 0 Å². The Balaban J connectivity index is 1.86. The smallest absolute Gasteiger partial charge is 0.269 e. The van der Waals surface area contributed by atoms with Crippen molar-refractivity contribution >= 4 is 39.2 Å². The molecule has 0 aliphatic rings. The van der Waals surface area contributed by atoms with Gasteiger partial charge in [-0.25, -0.2) is 0 Å². The Labute approximate surface area is 210 Å². The number of pyridine rings is 1. The number of rotatable bonds is 5. The monoisotopic (exact) mass is 528 g/mol. The number of benzene rings is 2. The molecule has 35 heavy (non-hydrogen) atoms. The average Bonchev–Trinajstić information content (AvgIpc) is 2.82. The number of amides is 1. The molecule has 0 saturated carbocycles. The van der Waals surface area contributed by atoms with Crippen molar-refractivity contribution in [1.82, 2.24) is 9.38 Å². The third-order valence-electron chi connectivity index (χ3n) is 5.55. The van der Waals surface area contributed by atoms with E-state index in [-0.39, 0.29) is 17.0 Å². The van der Waals surface area contributed by atoms with E-state index in [9.17, 15) is 14.9 Å². The Kier molecular flexibility index (Phi) is 6.80. The van der Waals surface area contributed by atoms with E-state index < -0.39 is 11.5 Å². The van der Waals surface area contributed by atoms with Crippen LogP contribution in [0, 0.1) is 32.1 Å². The van der Waals surface area contributed by atoms with Gasteiger partial charge < -0.3 is 10.1 Å². The number of hydrogen-bond acceptors (Lipinski definition) is 5. The van der Waals surface area contributed by atoms with E-state index in [0.717, 1.165) is 21.2 Å². The second kappa shape index (κ2) is 9.95. The van der Waals surface area contributed by atoms with Crippen molar-refractivity contribution in [3.63, 3.8) is 0 Å². The maximum Gasteiger partial charge on any atom is 0.269 e. The first-order valence-electron chi connectivity index (χ1n) is 10.7. The number of nitrogens with zero attached hydrogens (tertiary/aromatic N) is 3. The van der Waals surface area contributed by atoms with Gasteiger partial charge >= 0.3 is 0 Å². The van der Waals surface area contributed by atoms with Gasteiger partial charge in [0.15, 0.2) is 0 Å². The normalized spacial score (nSPS) is 11.2. The molecule has 8 heteroatoms. The van der Waals surface area contributed by atoms with E-state index in [2.05, 4.69) is 26.2 Å². The van der Waals surface area contributed by atoms with Crippen LogP contribution in [0.2, 0.25) is 0 Å². The molecule has 2 aromatic carbocycles. The lowest BCUT2D eigenvalue weighted by Crippen LogP contribution is -2.21. The summed E-state index contributed by atoms with van der Waals surface area (Å²) in [7, 11) is 0. The van der Waals surface area contributed by atoms with Gasteiger partial charge in [-0.15, -0.1) is 0 Å². The zero-order valence-corrected chi connectivity index (χ0v) is 20.9. The Bertz CT molecular complexity index is 1600. The largest absolute Gasteiger partial charge is 0.438 e. The average molecular weight is 529 g/mol. The number of anilines is 1. The number of ether oxygens (including phenoxy) is 1. The Morgan fingerprint density at radius 1 is 1.11 bits per heavy atom. The summed E-state index contributed by atoms with van der Waals surface area (Å²) in [4.78, 5) is 30.9. The predicted molar refractivity (Wildman–Crippen MR) is 139 cm³/mol.